The average Bonchev–Trinajstić information content (AvgIpc) is 3.17. The van der Waals surface area contributed by atoms with Gasteiger partial charge in [-0.2, -0.15) is 0 Å². The zero-order valence-electron chi connectivity index (χ0n) is 15.1. The van der Waals surface area contributed by atoms with Crippen molar-refractivity contribution in [3.05, 3.63) is 83.3 Å². The Bertz CT molecular complexity index is 928. The lowest BCUT2D eigenvalue weighted by molar-refractivity contribution is 0.0948. The molecule has 6 nitrogen and oxygen atoms in total. The number of hydrogen-bond acceptors (Lipinski definition) is 4. The van der Waals surface area contributed by atoms with E-state index in [2.05, 4.69) is 10.6 Å². The lowest BCUT2D eigenvalue weighted by Gasteiger charge is -2.05. The quantitative estimate of drug-likeness (QED) is 0.697. The number of benzene rings is 2. The summed E-state index contributed by atoms with van der Waals surface area (Å²) in [4.78, 5) is 24.4. The van der Waals surface area contributed by atoms with Gasteiger partial charge in [0.05, 0.1) is 13.7 Å². The van der Waals surface area contributed by atoms with E-state index in [1.54, 1.807) is 43.5 Å². The minimum absolute atomic E-state index is 0.183. The molecule has 27 heavy (non-hydrogen) atoms. The van der Waals surface area contributed by atoms with E-state index in [9.17, 15) is 9.59 Å². The summed E-state index contributed by atoms with van der Waals surface area (Å²) in [6.07, 6.45) is 0. The van der Waals surface area contributed by atoms with E-state index in [1.807, 2.05) is 31.2 Å². The highest BCUT2D eigenvalue weighted by molar-refractivity contribution is 6.02. The van der Waals surface area contributed by atoms with Crippen LogP contribution in [0.1, 0.15) is 32.2 Å². The predicted molar refractivity (Wildman–Crippen MR) is 102 cm³/mol. The molecule has 0 atom stereocenters. The Morgan fingerprint density at radius 2 is 1.63 bits per heavy atom. The lowest BCUT2D eigenvalue weighted by atomic mass is 10.2. The molecule has 2 amide bonds. The van der Waals surface area contributed by atoms with Crippen molar-refractivity contribution in [1.29, 1.82) is 0 Å². The molecule has 1 aromatic heterocycles. The molecule has 0 aliphatic heterocycles. The minimum atomic E-state index is -0.341. The van der Waals surface area contributed by atoms with Gasteiger partial charge in [-0.3, -0.25) is 9.59 Å². The van der Waals surface area contributed by atoms with Gasteiger partial charge in [-0.1, -0.05) is 17.7 Å². The summed E-state index contributed by atoms with van der Waals surface area (Å²) >= 11 is 0. The van der Waals surface area contributed by atoms with Crippen molar-refractivity contribution in [2.45, 2.75) is 13.5 Å². The number of rotatable bonds is 6. The zero-order chi connectivity index (χ0) is 19.2. The number of carbonyl (C=O) groups is 2. The van der Waals surface area contributed by atoms with Gasteiger partial charge in [0.15, 0.2) is 5.76 Å². The highest BCUT2D eigenvalue weighted by Crippen LogP contribution is 2.14. The van der Waals surface area contributed by atoms with Gasteiger partial charge in [-0.25, -0.2) is 0 Å². The van der Waals surface area contributed by atoms with Crippen LogP contribution in [0.4, 0.5) is 5.69 Å². The maximum Gasteiger partial charge on any atom is 0.291 e. The van der Waals surface area contributed by atoms with Crippen molar-refractivity contribution in [2.75, 3.05) is 12.4 Å². The van der Waals surface area contributed by atoms with Crippen LogP contribution < -0.4 is 15.4 Å². The molecule has 0 bridgehead atoms. The van der Waals surface area contributed by atoms with Gasteiger partial charge >= 0.3 is 0 Å². The third-order valence-corrected chi connectivity index (χ3v) is 3.97. The molecule has 0 unspecified atom stereocenters. The van der Waals surface area contributed by atoms with Crippen LogP contribution in [0.5, 0.6) is 5.75 Å². The fourth-order valence-corrected chi connectivity index (χ4v) is 2.44. The fraction of sp³-hybridized carbons (Fsp3) is 0.143. The molecule has 3 rings (SSSR count). The third kappa shape index (κ3) is 4.76. The lowest BCUT2D eigenvalue weighted by Crippen LogP contribution is -2.22. The second-order valence-electron chi connectivity index (χ2n) is 6.00. The van der Waals surface area contributed by atoms with Crippen molar-refractivity contribution in [3.8, 4) is 5.75 Å². The van der Waals surface area contributed by atoms with Crippen LogP contribution >= 0.6 is 0 Å². The molecule has 0 saturated heterocycles. The van der Waals surface area contributed by atoms with Gasteiger partial charge in [-0.15, -0.1) is 0 Å². The van der Waals surface area contributed by atoms with E-state index >= 15 is 0 Å². The highest BCUT2D eigenvalue weighted by atomic mass is 16.5. The Morgan fingerprint density at radius 1 is 0.926 bits per heavy atom. The van der Waals surface area contributed by atoms with Gasteiger partial charge in [0.1, 0.15) is 11.5 Å². The second kappa shape index (κ2) is 8.23. The van der Waals surface area contributed by atoms with Gasteiger partial charge in [0, 0.05) is 11.3 Å². The number of carbonyl (C=O) groups excluding carboxylic acids is 2. The number of ether oxygens (including phenoxy) is 1. The Hall–Kier alpha value is -3.54. The Kier molecular flexibility index (Phi) is 5.56. The normalized spacial score (nSPS) is 10.3. The van der Waals surface area contributed by atoms with Crippen LogP contribution in [0.25, 0.3) is 0 Å². The number of nitrogens with one attached hydrogen (secondary N) is 2. The molecular formula is C21H20N2O4. The SMILES string of the molecule is COc1ccc(C(=O)NCc2ccc(C(=O)Nc3ccc(C)cc3)o2)cc1. The van der Waals surface area contributed by atoms with Crippen molar-refractivity contribution in [2.24, 2.45) is 0 Å². The number of amides is 2. The molecule has 2 aromatic carbocycles. The first-order chi connectivity index (χ1) is 13.0. The first kappa shape index (κ1) is 18.3. The smallest absolute Gasteiger partial charge is 0.291 e. The third-order valence-electron chi connectivity index (χ3n) is 3.97. The van der Waals surface area contributed by atoms with E-state index in [-0.39, 0.29) is 24.1 Å². The zero-order valence-corrected chi connectivity index (χ0v) is 15.1. The van der Waals surface area contributed by atoms with Gasteiger partial charge < -0.3 is 19.8 Å². The average molecular weight is 364 g/mol. The summed E-state index contributed by atoms with van der Waals surface area (Å²) in [5.41, 5.74) is 2.32. The molecule has 0 saturated carbocycles. The van der Waals surface area contributed by atoms with E-state index in [0.29, 0.717) is 22.8 Å². The molecule has 138 valence electrons. The summed E-state index contributed by atoms with van der Waals surface area (Å²) in [7, 11) is 1.57. The van der Waals surface area contributed by atoms with Gasteiger partial charge in [0.2, 0.25) is 0 Å². The van der Waals surface area contributed by atoms with Crippen molar-refractivity contribution in [3.63, 3.8) is 0 Å². The summed E-state index contributed by atoms with van der Waals surface area (Å²) < 4.78 is 10.6. The van der Waals surface area contributed by atoms with Gasteiger partial charge in [-0.05, 0) is 55.5 Å². The molecule has 0 aliphatic rings. The number of anilines is 1. The summed E-state index contributed by atoms with van der Waals surface area (Å²) in [5, 5.41) is 5.52. The molecule has 0 fully saturated rings. The molecular weight excluding hydrogens is 344 g/mol. The van der Waals surface area contributed by atoms with Crippen LogP contribution in [0.15, 0.2) is 65.1 Å². The first-order valence-corrected chi connectivity index (χ1v) is 8.44. The van der Waals surface area contributed by atoms with Crippen molar-refractivity contribution in [1.82, 2.24) is 5.32 Å². The molecule has 6 heteroatoms. The van der Waals surface area contributed by atoms with Gasteiger partial charge in [0.25, 0.3) is 11.8 Å². The van der Waals surface area contributed by atoms with Crippen molar-refractivity contribution >= 4 is 17.5 Å². The maximum absolute atomic E-state index is 12.2. The number of hydrogen-bond donors (Lipinski definition) is 2. The summed E-state index contributed by atoms with van der Waals surface area (Å²) in [5.74, 6) is 0.781. The number of furan rings is 1. The maximum atomic E-state index is 12.2. The van der Waals surface area contributed by atoms with E-state index in [4.69, 9.17) is 9.15 Å². The number of methoxy groups -OCH3 is 1. The fourth-order valence-electron chi connectivity index (χ4n) is 2.44. The Morgan fingerprint density at radius 3 is 2.30 bits per heavy atom. The van der Waals surface area contributed by atoms with E-state index in [0.717, 1.165) is 5.56 Å². The monoisotopic (exact) mass is 364 g/mol. The van der Waals surface area contributed by atoms with Crippen molar-refractivity contribution < 1.29 is 18.7 Å². The molecule has 1 heterocycles. The molecule has 0 aliphatic carbocycles. The first-order valence-electron chi connectivity index (χ1n) is 8.44. The van der Waals surface area contributed by atoms with Crippen LogP contribution in [0.2, 0.25) is 0 Å². The van der Waals surface area contributed by atoms with Crippen LogP contribution in [-0.4, -0.2) is 18.9 Å². The largest absolute Gasteiger partial charge is 0.497 e. The standard InChI is InChI=1S/C21H20N2O4/c1-14-3-7-16(8-4-14)23-21(25)19-12-11-18(27-19)13-22-20(24)15-5-9-17(26-2)10-6-15/h3-12H,13H2,1-2H3,(H,22,24)(H,23,25). The van der Waals surface area contributed by atoms with Crippen LogP contribution in [0.3, 0.4) is 0 Å². The van der Waals surface area contributed by atoms with E-state index in [1.165, 1.54) is 0 Å². The summed E-state index contributed by atoms with van der Waals surface area (Å²) in [6, 6.07) is 17.5. The van der Waals surface area contributed by atoms with Crippen LogP contribution in [-0.2, 0) is 6.54 Å². The second-order valence-corrected chi connectivity index (χ2v) is 6.00. The Balaban J connectivity index is 1.56. The molecule has 0 radical (unpaired) electrons. The minimum Gasteiger partial charge on any atom is -0.497 e. The Labute approximate surface area is 157 Å². The predicted octanol–water partition coefficient (Wildman–Crippen LogP) is 3.78. The van der Waals surface area contributed by atoms with Crippen LogP contribution in [0, 0.1) is 6.92 Å². The molecule has 0 spiro atoms. The topological polar surface area (TPSA) is 80.6 Å². The highest BCUT2D eigenvalue weighted by Gasteiger charge is 2.12. The number of aryl methyl sites for hydroxylation is 1. The van der Waals surface area contributed by atoms with E-state index < -0.39 is 0 Å². The molecule has 2 N–H and O–H groups in total. The summed E-state index contributed by atoms with van der Waals surface area (Å²) in [6.45, 7) is 2.16. The molecule has 3 aromatic rings.